The smallest absolute Gasteiger partial charge is 0.369 e. The van der Waals surface area contributed by atoms with Crippen molar-refractivity contribution in [3.05, 3.63) is 64.2 Å². The van der Waals surface area contributed by atoms with Crippen LogP contribution in [0.25, 0.3) is 6.08 Å². The molecule has 1 heterocycles. The predicted molar refractivity (Wildman–Crippen MR) is 115 cm³/mol. The highest BCUT2D eigenvalue weighted by molar-refractivity contribution is 6.32. The van der Waals surface area contributed by atoms with Gasteiger partial charge in [-0.05, 0) is 67.6 Å². The largest absolute Gasteiger partial charge is 0.416 e. The molecule has 1 saturated heterocycles. The summed E-state index contributed by atoms with van der Waals surface area (Å²) in [4.78, 5) is 16.9. The number of carbonyl (C=O) groups excluding carboxylic acids is 1. The number of alkyl halides is 3. The Hall–Kier alpha value is -2.51. The lowest BCUT2D eigenvalue weighted by atomic mass is 10.1. The topological polar surface area (TPSA) is 35.6 Å². The number of halogens is 4. The summed E-state index contributed by atoms with van der Waals surface area (Å²) in [5.74, 6) is -0.445. The molecule has 8 heteroatoms. The summed E-state index contributed by atoms with van der Waals surface area (Å²) in [7, 11) is 2.10. The Labute approximate surface area is 178 Å². The Morgan fingerprint density at radius 3 is 2.43 bits per heavy atom. The number of hydrogen-bond donors (Lipinski definition) is 1. The molecule has 0 aromatic heterocycles. The summed E-state index contributed by atoms with van der Waals surface area (Å²) in [6.45, 7) is 5.80. The van der Waals surface area contributed by atoms with E-state index >= 15 is 0 Å². The first-order valence-electron chi connectivity index (χ1n) is 9.53. The van der Waals surface area contributed by atoms with Crippen LogP contribution in [0.3, 0.4) is 0 Å². The van der Waals surface area contributed by atoms with Crippen molar-refractivity contribution in [2.24, 2.45) is 0 Å². The van der Waals surface area contributed by atoms with E-state index in [4.69, 9.17) is 11.6 Å². The number of piperazine rings is 1. The molecule has 160 valence electrons. The van der Waals surface area contributed by atoms with E-state index in [-0.39, 0.29) is 10.6 Å². The van der Waals surface area contributed by atoms with Crippen LogP contribution in [0.5, 0.6) is 0 Å². The van der Waals surface area contributed by atoms with E-state index in [1.807, 2.05) is 25.1 Å². The van der Waals surface area contributed by atoms with Crippen molar-refractivity contribution in [2.75, 3.05) is 43.4 Å². The summed E-state index contributed by atoms with van der Waals surface area (Å²) in [5, 5.41) is 2.90. The molecule has 0 bridgehead atoms. The van der Waals surface area contributed by atoms with Crippen LogP contribution in [0.4, 0.5) is 24.5 Å². The molecule has 0 radical (unpaired) electrons. The highest BCUT2D eigenvalue weighted by Crippen LogP contribution is 2.32. The minimum absolute atomic E-state index is 0.128. The second-order valence-corrected chi connectivity index (χ2v) is 7.75. The second kappa shape index (κ2) is 9.10. The Balaban J connectivity index is 1.68. The Kier molecular flexibility index (Phi) is 6.73. The first-order valence-corrected chi connectivity index (χ1v) is 9.91. The molecule has 4 nitrogen and oxygen atoms in total. The van der Waals surface area contributed by atoms with Gasteiger partial charge in [0.15, 0.2) is 0 Å². The molecular formula is C22H23ClF3N3O. The number of carbonyl (C=O) groups is 1. The van der Waals surface area contributed by atoms with Crippen molar-refractivity contribution in [1.29, 1.82) is 0 Å². The van der Waals surface area contributed by atoms with Crippen LogP contribution in [-0.2, 0) is 11.0 Å². The van der Waals surface area contributed by atoms with Crippen LogP contribution >= 0.6 is 11.6 Å². The van der Waals surface area contributed by atoms with Crippen LogP contribution in [0, 0.1) is 6.92 Å². The lowest BCUT2D eigenvalue weighted by Gasteiger charge is -2.34. The molecule has 1 N–H and O–H groups in total. The molecule has 2 aromatic rings. The second-order valence-electron chi connectivity index (χ2n) is 7.35. The number of benzene rings is 2. The van der Waals surface area contributed by atoms with Gasteiger partial charge in [-0.3, -0.25) is 4.79 Å². The first-order chi connectivity index (χ1) is 14.1. The lowest BCUT2D eigenvalue weighted by molar-refractivity contribution is -0.137. The van der Waals surface area contributed by atoms with Gasteiger partial charge in [0.1, 0.15) is 0 Å². The van der Waals surface area contributed by atoms with Crippen LogP contribution < -0.4 is 10.2 Å². The number of nitrogens with one attached hydrogen (secondary N) is 1. The Bertz CT molecular complexity index is 951. The number of hydrogen-bond acceptors (Lipinski definition) is 3. The quantitative estimate of drug-likeness (QED) is 0.678. The fourth-order valence-electron chi connectivity index (χ4n) is 3.24. The molecule has 2 aromatic carbocycles. The van der Waals surface area contributed by atoms with Gasteiger partial charge in [-0.1, -0.05) is 11.6 Å². The van der Waals surface area contributed by atoms with Crippen molar-refractivity contribution >= 4 is 35.0 Å². The third-order valence-electron chi connectivity index (χ3n) is 5.07. The highest BCUT2D eigenvalue weighted by atomic mass is 35.5. The first kappa shape index (κ1) is 22.2. The summed E-state index contributed by atoms with van der Waals surface area (Å²) < 4.78 is 38.6. The van der Waals surface area contributed by atoms with E-state index in [9.17, 15) is 18.0 Å². The van der Waals surface area contributed by atoms with E-state index in [0.29, 0.717) is 5.69 Å². The van der Waals surface area contributed by atoms with Crippen molar-refractivity contribution in [3.8, 4) is 0 Å². The minimum atomic E-state index is -4.47. The summed E-state index contributed by atoms with van der Waals surface area (Å²) >= 11 is 5.96. The number of aryl methyl sites for hydroxylation is 1. The fourth-order valence-corrected chi connectivity index (χ4v) is 3.42. The SMILES string of the molecule is Cc1cc(N2CCN(C)CC2)ccc1NC(=O)/C=C/c1cc(C(F)(F)F)ccc1Cl. The molecular weight excluding hydrogens is 415 g/mol. The molecule has 1 amide bonds. The van der Waals surface area contributed by atoms with Gasteiger partial charge in [-0.25, -0.2) is 0 Å². The van der Waals surface area contributed by atoms with E-state index < -0.39 is 17.6 Å². The average molecular weight is 438 g/mol. The average Bonchev–Trinajstić information content (AvgIpc) is 2.68. The number of rotatable bonds is 4. The zero-order valence-electron chi connectivity index (χ0n) is 16.8. The third-order valence-corrected chi connectivity index (χ3v) is 5.42. The molecule has 1 aliphatic rings. The standard InChI is InChI=1S/C22H23ClF3N3O/c1-15-13-18(29-11-9-28(2)10-12-29)5-7-20(15)27-21(30)8-3-16-14-17(22(24,25)26)4-6-19(16)23/h3-8,13-14H,9-12H2,1-2H3,(H,27,30)/b8-3+. The maximum atomic E-state index is 12.9. The summed E-state index contributed by atoms with van der Waals surface area (Å²) in [6, 6.07) is 8.82. The molecule has 0 atom stereocenters. The van der Waals surface area contributed by atoms with Gasteiger partial charge >= 0.3 is 6.18 Å². The van der Waals surface area contributed by atoms with E-state index in [0.717, 1.165) is 49.6 Å². The van der Waals surface area contributed by atoms with Gasteiger partial charge < -0.3 is 15.1 Å². The van der Waals surface area contributed by atoms with E-state index in [1.54, 1.807) is 0 Å². The lowest BCUT2D eigenvalue weighted by Crippen LogP contribution is -2.44. The van der Waals surface area contributed by atoms with Gasteiger partial charge in [0.05, 0.1) is 5.56 Å². The zero-order valence-corrected chi connectivity index (χ0v) is 17.5. The van der Waals surface area contributed by atoms with Crippen LogP contribution in [0.2, 0.25) is 5.02 Å². The summed E-state index contributed by atoms with van der Waals surface area (Å²) in [5.41, 5.74) is 1.97. The van der Waals surface area contributed by atoms with Crippen molar-refractivity contribution in [2.45, 2.75) is 13.1 Å². The van der Waals surface area contributed by atoms with Crippen molar-refractivity contribution < 1.29 is 18.0 Å². The molecule has 0 spiro atoms. The number of anilines is 2. The zero-order chi connectivity index (χ0) is 21.9. The Morgan fingerprint density at radius 2 is 1.80 bits per heavy atom. The third kappa shape index (κ3) is 5.55. The fraction of sp³-hybridized carbons (Fsp3) is 0.318. The van der Waals surface area contributed by atoms with Crippen LogP contribution in [0.1, 0.15) is 16.7 Å². The normalized spacial score (nSPS) is 15.6. The van der Waals surface area contributed by atoms with Gasteiger partial charge in [0, 0.05) is 48.7 Å². The van der Waals surface area contributed by atoms with Crippen LogP contribution in [0.15, 0.2) is 42.5 Å². The number of likely N-dealkylation sites (N-methyl/N-ethyl adjacent to an activating group) is 1. The van der Waals surface area contributed by atoms with E-state index in [1.165, 1.54) is 18.2 Å². The molecule has 30 heavy (non-hydrogen) atoms. The van der Waals surface area contributed by atoms with Crippen molar-refractivity contribution in [3.63, 3.8) is 0 Å². The maximum Gasteiger partial charge on any atom is 0.416 e. The van der Waals surface area contributed by atoms with Gasteiger partial charge in [-0.2, -0.15) is 13.2 Å². The minimum Gasteiger partial charge on any atom is -0.369 e. The summed E-state index contributed by atoms with van der Waals surface area (Å²) in [6.07, 6.45) is -2.02. The molecule has 0 saturated carbocycles. The van der Waals surface area contributed by atoms with Gasteiger partial charge in [0.25, 0.3) is 0 Å². The van der Waals surface area contributed by atoms with E-state index in [2.05, 4.69) is 22.2 Å². The predicted octanol–water partition coefficient (Wildman–Crippen LogP) is 5.07. The monoisotopic (exact) mass is 437 g/mol. The molecule has 0 aliphatic carbocycles. The van der Waals surface area contributed by atoms with Gasteiger partial charge in [-0.15, -0.1) is 0 Å². The molecule has 3 rings (SSSR count). The molecule has 1 fully saturated rings. The number of nitrogens with zero attached hydrogens (tertiary/aromatic N) is 2. The molecule has 0 unspecified atom stereocenters. The van der Waals surface area contributed by atoms with Gasteiger partial charge in [0.2, 0.25) is 5.91 Å². The Morgan fingerprint density at radius 1 is 1.10 bits per heavy atom. The number of amides is 1. The highest BCUT2D eigenvalue weighted by Gasteiger charge is 2.30. The molecule has 1 aliphatic heterocycles. The van der Waals surface area contributed by atoms with Crippen LogP contribution in [-0.4, -0.2) is 44.0 Å². The van der Waals surface area contributed by atoms with Crippen molar-refractivity contribution in [1.82, 2.24) is 4.90 Å². The maximum absolute atomic E-state index is 12.9.